The van der Waals surface area contributed by atoms with Crippen LogP contribution in [0.4, 0.5) is 5.69 Å². The predicted molar refractivity (Wildman–Crippen MR) is 98.4 cm³/mol. The molecule has 0 bridgehead atoms. The second-order valence-corrected chi connectivity index (χ2v) is 6.96. The van der Waals surface area contributed by atoms with E-state index < -0.39 is 11.7 Å². The van der Waals surface area contributed by atoms with Crippen LogP contribution < -0.4 is 9.64 Å². The number of anilines is 1. The number of ketones is 1. The van der Waals surface area contributed by atoms with Gasteiger partial charge in [0.25, 0.3) is 11.7 Å². The molecule has 0 N–H and O–H groups in total. The first kappa shape index (κ1) is 17.5. The fourth-order valence-electron chi connectivity index (χ4n) is 2.78. The van der Waals surface area contributed by atoms with E-state index in [0.717, 1.165) is 17.7 Å². The minimum absolute atomic E-state index is 0.289. The molecule has 0 radical (unpaired) electrons. The minimum Gasteiger partial charge on any atom is -0.493 e. The van der Waals surface area contributed by atoms with Gasteiger partial charge in [-0.25, -0.2) is 0 Å². The summed E-state index contributed by atoms with van der Waals surface area (Å²) in [4.78, 5) is 26.1. The topological polar surface area (TPSA) is 46.6 Å². The number of carbonyl (C=O) groups is 2. The Morgan fingerprint density at radius 3 is 2.64 bits per heavy atom. The van der Waals surface area contributed by atoms with E-state index in [9.17, 15) is 9.59 Å². The summed E-state index contributed by atoms with van der Waals surface area (Å²) in [6.45, 7) is 5.20. The van der Waals surface area contributed by atoms with E-state index in [-0.39, 0.29) is 6.54 Å². The second kappa shape index (κ2) is 7.28. The Hall–Kier alpha value is -2.33. The number of benzene rings is 2. The van der Waals surface area contributed by atoms with Gasteiger partial charge in [0.1, 0.15) is 5.75 Å². The summed E-state index contributed by atoms with van der Waals surface area (Å²) in [6, 6.07) is 12.5. The van der Waals surface area contributed by atoms with Crippen molar-refractivity contribution >= 4 is 29.0 Å². The van der Waals surface area contributed by atoms with Gasteiger partial charge < -0.3 is 9.64 Å². The van der Waals surface area contributed by atoms with E-state index in [1.165, 1.54) is 4.90 Å². The minimum atomic E-state index is -0.533. The van der Waals surface area contributed by atoms with Crippen LogP contribution in [0.1, 0.15) is 36.2 Å². The molecule has 2 aromatic rings. The smallest absolute Gasteiger partial charge is 0.299 e. The van der Waals surface area contributed by atoms with Crippen molar-refractivity contribution in [2.45, 2.75) is 26.8 Å². The second-order valence-electron chi connectivity index (χ2n) is 6.52. The first-order valence-corrected chi connectivity index (χ1v) is 8.71. The van der Waals surface area contributed by atoms with Gasteiger partial charge in [0.15, 0.2) is 0 Å². The fraction of sp³-hybridized carbons (Fsp3) is 0.300. The van der Waals surface area contributed by atoms with Crippen LogP contribution in [0.5, 0.6) is 5.75 Å². The molecule has 0 aliphatic carbocycles. The number of rotatable bonds is 6. The van der Waals surface area contributed by atoms with Crippen LogP contribution in [0.15, 0.2) is 42.5 Å². The van der Waals surface area contributed by atoms with Gasteiger partial charge in [-0.05, 0) is 36.6 Å². The molecule has 4 nitrogen and oxygen atoms in total. The Balaban J connectivity index is 1.84. The molecule has 3 rings (SSSR count). The molecule has 5 heteroatoms. The molecule has 0 unspecified atom stereocenters. The number of halogens is 1. The van der Waals surface area contributed by atoms with E-state index in [1.807, 2.05) is 24.3 Å². The number of amides is 1. The first-order valence-electron chi connectivity index (χ1n) is 8.34. The normalized spacial score (nSPS) is 13.5. The van der Waals surface area contributed by atoms with Gasteiger partial charge >= 0.3 is 0 Å². The Bertz CT molecular complexity index is 816. The molecule has 0 spiro atoms. The molecule has 1 heterocycles. The van der Waals surface area contributed by atoms with E-state index in [2.05, 4.69) is 13.8 Å². The fourth-order valence-corrected chi connectivity index (χ4v) is 2.95. The number of fused-ring (bicyclic) bond motifs is 1. The van der Waals surface area contributed by atoms with Crippen molar-refractivity contribution in [3.63, 3.8) is 0 Å². The van der Waals surface area contributed by atoms with Crippen LogP contribution in [0.2, 0.25) is 5.02 Å². The Morgan fingerprint density at radius 2 is 1.88 bits per heavy atom. The maximum absolute atomic E-state index is 12.4. The van der Waals surface area contributed by atoms with Gasteiger partial charge in [0.2, 0.25) is 0 Å². The molecule has 1 aliphatic rings. The van der Waals surface area contributed by atoms with Crippen molar-refractivity contribution in [2.75, 3.05) is 11.5 Å². The highest BCUT2D eigenvalue weighted by molar-refractivity contribution is 6.52. The van der Waals surface area contributed by atoms with Gasteiger partial charge in [-0.15, -0.1) is 0 Å². The predicted octanol–water partition coefficient (Wildman–Crippen LogP) is 4.49. The number of para-hydroxylation sites is 1. The Labute approximate surface area is 152 Å². The van der Waals surface area contributed by atoms with Crippen molar-refractivity contribution < 1.29 is 14.3 Å². The maximum Gasteiger partial charge on any atom is 0.299 e. The lowest BCUT2D eigenvalue weighted by Crippen LogP contribution is -2.29. The van der Waals surface area contributed by atoms with E-state index in [4.69, 9.17) is 16.3 Å². The number of hydrogen-bond donors (Lipinski definition) is 0. The van der Waals surface area contributed by atoms with Gasteiger partial charge in [0.05, 0.1) is 24.4 Å². The average Bonchev–Trinajstić information content (AvgIpc) is 2.81. The van der Waals surface area contributed by atoms with E-state index >= 15 is 0 Å². The highest BCUT2D eigenvalue weighted by Crippen LogP contribution is 2.33. The SMILES string of the molecule is CC(C)CCOc1ccccc1CN1C(=O)C(=O)c2cc(Cl)ccc21. The molecule has 130 valence electrons. The van der Waals surface area contributed by atoms with Gasteiger partial charge in [0, 0.05) is 10.6 Å². The highest BCUT2D eigenvalue weighted by Gasteiger charge is 2.36. The third kappa shape index (κ3) is 3.69. The van der Waals surface area contributed by atoms with Gasteiger partial charge in [-0.3, -0.25) is 9.59 Å². The molecule has 0 atom stereocenters. The number of Topliss-reactive ketones (excluding diaryl/α,β-unsaturated/α-hetero) is 1. The molecule has 25 heavy (non-hydrogen) atoms. The largest absolute Gasteiger partial charge is 0.493 e. The van der Waals surface area contributed by atoms with Crippen molar-refractivity contribution in [3.05, 3.63) is 58.6 Å². The lowest BCUT2D eigenvalue weighted by atomic mass is 10.1. The lowest BCUT2D eigenvalue weighted by molar-refractivity contribution is -0.114. The van der Waals surface area contributed by atoms with Crippen molar-refractivity contribution in [2.24, 2.45) is 5.92 Å². The van der Waals surface area contributed by atoms with Crippen molar-refractivity contribution in [1.82, 2.24) is 0 Å². The Kier molecular flexibility index (Phi) is 5.09. The van der Waals surface area contributed by atoms with Crippen molar-refractivity contribution in [1.29, 1.82) is 0 Å². The van der Waals surface area contributed by atoms with E-state index in [0.29, 0.717) is 28.8 Å². The molecule has 1 aliphatic heterocycles. The molecule has 0 aromatic heterocycles. The summed E-state index contributed by atoms with van der Waals surface area (Å²) in [7, 11) is 0. The van der Waals surface area contributed by atoms with Gasteiger partial charge in [-0.1, -0.05) is 43.6 Å². The molecule has 2 aromatic carbocycles. The third-order valence-electron chi connectivity index (χ3n) is 4.19. The molecular weight excluding hydrogens is 338 g/mol. The lowest BCUT2D eigenvalue weighted by Gasteiger charge is -2.19. The average molecular weight is 358 g/mol. The molecular formula is C20H20ClNO3. The molecule has 0 saturated carbocycles. The molecule has 0 fully saturated rings. The van der Waals surface area contributed by atoms with E-state index in [1.54, 1.807) is 18.2 Å². The van der Waals surface area contributed by atoms with Gasteiger partial charge in [-0.2, -0.15) is 0 Å². The summed E-state index contributed by atoms with van der Waals surface area (Å²) in [5, 5.41) is 0.444. The number of nitrogens with zero attached hydrogens (tertiary/aromatic N) is 1. The summed E-state index contributed by atoms with van der Waals surface area (Å²) in [5.74, 6) is 0.248. The number of carbonyl (C=O) groups excluding carboxylic acids is 2. The van der Waals surface area contributed by atoms with Crippen LogP contribution in [0, 0.1) is 5.92 Å². The van der Waals surface area contributed by atoms with Crippen molar-refractivity contribution in [3.8, 4) is 5.75 Å². The zero-order valence-electron chi connectivity index (χ0n) is 14.3. The maximum atomic E-state index is 12.4. The zero-order valence-corrected chi connectivity index (χ0v) is 15.0. The quantitative estimate of drug-likeness (QED) is 0.715. The monoisotopic (exact) mass is 357 g/mol. The summed E-state index contributed by atoms with van der Waals surface area (Å²) in [6.07, 6.45) is 0.955. The molecule has 1 amide bonds. The Morgan fingerprint density at radius 1 is 1.12 bits per heavy atom. The first-order chi connectivity index (χ1) is 12.0. The number of hydrogen-bond acceptors (Lipinski definition) is 3. The van der Waals surface area contributed by atoms with Crippen LogP contribution in [0.25, 0.3) is 0 Å². The van der Waals surface area contributed by atoms with Crippen LogP contribution in [-0.4, -0.2) is 18.3 Å². The third-order valence-corrected chi connectivity index (χ3v) is 4.42. The molecule has 0 saturated heterocycles. The number of ether oxygens (including phenoxy) is 1. The summed E-state index contributed by atoms with van der Waals surface area (Å²) >= 11 is 5.95. The summed E-state index contributed by atoms with van der Waals surface area (Å²) < 4.78 is 5.88. The highest BCUT2D eigenvalue weighted by atomic mass is 35.5. The standard InChI is InChI=1S/C20H20ClNO3/c1-13(2)9-10-25-18-6-4-3-5-14(18)12-22-17-8-7-15(21)11-16(17)19(23)20(22)24/h3-8,11,13H,9-10,12H2,1-2H3. The van der Waals surface area contributed by atoms with Crippen LogP contribution in [-0.2, 0) is 11.3 Å². The summed E-state index contributed by atoms with van der Waals surface area (Å²) in [5.41, 5.74) is 1.82. The van der Waals surface area contributed by atoms with Crippen LogP contribution in [0.3, 0.4) is 0 Å². The van der Waals surface area contributed by atoms with Crippen LogP contribution >= 0.6 is 11.6 Å². The zero-order chi connectivity index (χ0) is 18.0.